The van der Waals surface area contributed by atoms with Gasteiger partial charge in [0, 0.05) is 11.6 Å². The van der Waals surface area contributed by atoms with Crippen molar-refractivity contribution in [2.45, 2.75) is 13.0 Å². The second kappa shape index (κ2) is 4.19. The summed E-state index contributed by atoms with van der Waals surface area (Å²) in [4.78, 5) is 0. The summed E-state index contributed by atoms with van der Waals surface area (Å²) in [6, 6.07) is 2.97. The number of aliphatic hydroxyl groups excluding tert-OH is 1. The Kier molecular flexibility index (Phi) is 3.19. The second-order valence-corrected chi connectivity index (χ2v) is 2.94. The van der Waals surface area contributed by atoms with E-state index in [1.165, 1.54) is 20.3 Å². The van der Waals surface area contributed by atoms with Gasteiger partial charge in [0.05, 0.1) is 20.3 Å². The number of benzene rings is 1. The normalized spacial score (nSPS) is 12.3. The molecule has 0 aliphatic rings. The van der Waals surface area contributed by atoms with Crippen LogP contribution >= 0.6 is 0 Å². The number of ether oxygens (including phenoxy) is 2. The first-order valence-corrected chi connectivity index (χ1v) is 4.23. The number of phenolic OH excluding ortho intramolecular Hbond substituents is 1. The Bertz CT molecular complexity index is 320. The summed E-state index contributed by atoms with van der Waals surface area (Å²) in [7, 11) is 2.99. The number of methoxy groups -OCH3 is 2. The molecule has 78 valence electrons. The molecule has 1 rings (SSSR count). The van der Waals surface area contributed by atoms with Gasteiger partial charge in [-0.1, -0.05) is 0 Å². The van der Waals surface area contributed by atoms with Crippen LogP contribution in [0.4, 0.5) is 0 Å². The fraction of sp³-hybridized carbons (Fsp3) is 0.400. The van der Waals surface area contributed by atoms with Gasteiger partial charge >= 0.3 is 0 Å². The molecule has 0 heterocycles. The van der Waals surface area contributed by atoms with Crippen LogP contribution in [0.3, 0.4) is 0 Å². The standard InChI is InChI=1S/C10H14O4/c1-6(11)7-4-9(13-2)10(14-3)5-8(7)12/h4-6,11-12H,1-3H3. The molecule has 0 fully saturated rings. The van der Waals surface area contributed by atoms with Crippen LogP contribution in [0.15, 0.2) is 12.1 Å². The summed E-state index contributed by atoms with van der Waals surface area (Å²) in [5.74, 6) is 0.924. The molecule has 1 aromatic rings. The lowest BCUT2D eigenvalue weighted by Gasteiger charge is -2.12. The zero-order valence-electron chi connectivity index (χ0n) is 8.44. The van der Waals surface area contributed by atoms with E-state index in [4.69, 9.17) is 9.47 Å². The smallest absolute Gasteiger partial charge is 0.164 e. The molecule has 2 N–H and O–H groups in total. The van der Waals surface area contributed by atoms with Crippen LogP contribution in [-0.2, 0) is 0 Å². The van der Waals surface area contributed by atoms with Gasteiger partial charge in [-0.2, -0.15) is 0 Å². The second-order valence-electron chi connectivity index (χ2n) is 2.94. The van der Waals surface area contributed by atoms with E-state index in [1.807, 2.05) is 0 Å². The SMILES string of the molecule is COc1cc(O)c(C(C)O)cc1OC. The summed E-state index contributed by atoms with van der Waals surface area (Å²) < 4.78 is 10.0. The lowest BCUT2D eigenvalue weighted by Crippen LogP contribution is -1.96. The molecule has 1 atom stereocenters. The van der Waals surface area contributed by atoms with Crippen molar-refractivity contribution in [3.05, 3.63) is 17.7 Å². The number of rotatable bonds is 3. The topological polar surface area (TPSA) is 58.9 Å². The summed E-state index contributed by atoms with van der Waals surface area (Å²) in [5, 5.41) is 18.8. The van der Waals surface area contributed by atoms with E-state index in [0.29, 0.717) is 17.1 Å². The van der Waals surface area contributed by atoms with Crippen molar-refractivity contribution in [1.82, 2.24) is 0 Å². The molecule has 0 saturated carbocycles. The minimum absolute atomic E-state index is 0.00218. The Labute approximate surface area is 82.7 Å². The number of hydrogen-bond donors (Lipinski definition) is 2. The lowest BCUT2D eigenvalue weighted by molar-refractivity contribution is 0.194. The van der Waals surface area contributed by atoms with Gasteiger partial charge < -0.3 is 19.7 Å². The van der Waals surface area contributed by atoms with E-state index >= 15 is 0 Å². The summed E-state index contributed by atoms with van der Waals surface area (Å²) in [6.45, 7) is 1.57. The molecule has 4 heteroatoms. The van der Waals surface area contributed by atoms with Gasteiger partial charge in [-0.15, -0.1) is 0 Å². The van der Waals surface area contributed by atoms with Gasteiger partial charge in [-0.25, -0.2) is 0 Å². The molecular weight excluding hydrogens is 184 g/mol. The van der Waals surface area contributed by atoms with Gasteiger partial charge in [0.2, 0.25) is 0 Å². The largest absolute Gasteiger partial charge is 0.507 e. The van der Waals surface area contributed by atoms with Crippen molar-refractivity contribution < 1.29 is 19.7 Å². The summed E-state index contributed by atoms with van der Waals surface area (Å²) in [5.41, 5.74) is 0.419. The van der Waals surface area contributed by atoms with Gasteiger partial charge in [0.25, 0.3) is 0 Å². The first kappa shape index (κ1) is 10.7. The highest BCUT2D eigenvalue weighted by molar-refractivity contribution is 5.50. The first-order valence-electron chi connectivity index (χ1n) is 4.23. The van der Waals surface area contributed by atoms with Crippen molar-refractivity contribution in [2.24, 2.45) is 0 Å². The minimum Gasteiger partial charge on any atom is -0.507 e. The predicted octanol–water partition coefficient (Wildman–Crippen LogP) is 1.46. The van der Waals surface area contributed by atoms with E-state index in [9.17, 15) is 10.2 Å². The van der Waals surface area contributed by atoms with Crippen molar-refractivity contribution in [3.8, 4) is 17.2 Å². The van der Waals surface area contributed by atoms with Gasteiger partial charge in [-0.3, -0.25) is 0 Å². The molecule has 14 heavy (non-hydrogen) atoms. The molecular formula is C10H14O4. The van der Waals surface area contributed by atoms with Crippen LogP contribution in [0.25, 0.3) is 0 Å². The number of aromatic hydroxyl groups is 1. The maximum absolute atomic E-state index is 9.52. The Hall–Kier alpha value is -1.42. The zero-order chi connectivity index (χ0) is 10.7. The number of hydrogen-bond acceptors (Lipinski definition) is 4. The van der Waals surface area contributed by atoms with Crippen LogP contribution in [0.1, 0.15) is 18.6 Å². The maximum Gasteiger partial charge on any atom is 0.164 e. The van der Waals surface area contributed by atoms with E-state index < -0.39 is 6.10 Å². The molecule has 0 aliphatic heterocycles. The van der Waals surface area contributed by atoms with E-state index in [1.54, 1.807) is 13.0 Å². The molecule has 1 aromatic carbocycles. The molecule has 0 aromatic heterocycles. The highest BCUT2D eigenvalue weighted by Gasteiger charge is 2.13. The average Bonchev–Trinajstić information content (AvgIpc) is 2.16. The van der Waals surface area contributed by atoms with Crippen molar-refractivity contribution >= 4 is 0 Å². The summed E-state index contributed by atoms with van der Waals surface area (Å²) >= 11 is 0. The van der Waals surface area contributed by atoms with Crippen molar-refractivity contribution in [3.63, 3.8) is 0 Å². The minimum atomic E-state index is -0.741. The van der Waals surface area contributed by atoms with Crippen LogP contribution in [0.2, 0.25) is 0 Å². The molecule has 1 unspecified atom stereocenters. The van der Waals surface area contributed by atoms with Crippen LogP contribution in [0, 0.1) is 0 Å². The third-order valence-corrected chi connectivity index (χ3v) is 1.98. The Morgan fingerprint density at radius 1 is 1.14 bits per heavy atom. The Morgan fingerprint density at radius 3 is 2.07 bits per heavy atom. The molecule has 0 bridgehead atoms. The van der Waals surface area contributed by atoms with Crippen LogP contribution < -0.4 is 9.47 Å². The van der Waals surface area contributed by atoms with Gasteiger partial charge in [-0.05, 0) is 13.0 Å². The van der Waals surface area contributed by atoms with E-state index in [2.05, 4.69) is 0 Å². The zero-order valence-corrected chi connectivity index (χ0v) is 8.44. The Balaban J connectivity index is 3.23. The molecule has 0 saturated heterocycles. The van der Waals surface area contributed by atoms with E-state index in [-0.39, 0.29) is 5.75 Å². The van der Waals surface area contributed by atoms with Gasteiger partial charge in [0.15, 0.2) is 11.5 Å². The Morgan fingerprint density at radius 2 is 1.64 bits per heavy atom. The monoisotopic (exact) mass is 198 g/mol. The fourth-order valence-electron chi connectivity index (χ4n) is 1.22. The first-order chi connectivity index (χ1) is 6.60. The number of phenols is 1. The summed E-state index contributed by atoms with van der Waals surface area (Å²) in [6.07, 6.45) is -0.741. The average molecular weight is 198 g/mol. The van der Waals surface area contributed by atoms with Crippen molar-refractivity contribution in [2.75, 3.05) is 14.2 Å². The molecule has 0 aliphatic carbocycles. The van der Waals surface area contributed by atoms with Crippen LogP contribution in [-0.4, -0.2) is 24.4 Å². The fourth-order valence-corrected chi connectivity index (χ4v) is 1.22. The van der Waals surface area contributed by atoms with Crippen LogP contribution in [0.5, 0.6) is 17.2 Å². The molecule has 4 nitrogen and oxygen atoms in total. The quantitative estimate of drug-likeness (QED) is 0.772. The van der Waals surface area contributed by atoms with Crippen molar-refractivity contribution in [1.29, 1.82) is 0 Å². The predicted molar refractivity (Wildman–Crippen MR) is 51.8 cm³/mol. The maximum atomic E-state index is 9.52. The van der Waals surface area contributed by atoms with E-state index in [0.717, 1.165) is 0 Å². The lowest BCUT2D eigenvalue weighted by atomic mass is 10.1. The molecule has 0 radical (unpaired) electrons. The number of aliphatic hydroxyl groups is 1. The molecule has 0 spiro atoms. The highest BCUT2D eigenvalue weighted by Crippen LogP contribution is 2.36. The third kappa shape index (κ3) is 1.90. The molecule has 0 amide bonds. The highest BCUT2D eigenvalue weighted by atomic mass is 16.5. The van der Waals surface area contributed by atoms with Gasteiger partial charge in [0.1, 0.15) is 5.75 Å². The third-order valence-electron chi connectivity index (χ3n) is 1.98.